The minimum absolute atomic E-state index is 0.0419. The smallest absolute Gasteiger partial charge is 0.275 e. The molecule has 1 saturated carbocycles. The van der Waals surface area contributed by atoms with Crippen molar-refractivity contribution in [3.05, 3.63) is 38.9 Å². The average molecular weight is 298 g/mol. The number of amides is 1. The third kappa shape index (κ3) is 3.68. The number of nitrogens with one attached hydrogen (secondary N) is 2. The van der Waals surface area contributed by atoms with E-state index in [9.17, 15) is 14.9 Å². The number of nitrogens with zero attached hydrogens (tertiary/aromatic N) is 1. The van der Waals surface area contributed by atoms with E-state index in [2.05, 4.69) is 10.6 Å². The summed E-state index contributed by atoms with van der Waals surface area (Å²) in [5.74, 6) is -0.0952. The molecule has 1 fully saturated rings. The summed E-state index contributed by atoms with van der Waals surface area (Å²) in [5, 5.41) is 17.1. The van der Waals surface area contributed by atoms with Gasteiger partial charge in [-0.05, 0) is 25.8 Å². The third-order valence-electron chi connectivity index (χ3n) is 3.19. The standard InChI is InChI=1S/C13H16ClN3O3/c1-8(13(18)16-9-5-6-9)15-7-10-11(14)3-2-4-12(10)17(19)20/h2-4,8-9,15H,5-7H2,1H3,(H,16,18). The molecule has 0 spiro atoms. The SMILES string of the molecule is CC(NCc1c(Cl)cccc1[N+](=O)[O-])C(=O)NC1CC1. The van der Waals surface area contributed by atoms with Crippen LogP contribution < -0.4 is 10.6 Å². The molecule has 1 aliphatic rings. The second-order valence-electron chi connectivity index (χ2n) is 4.88. The highest BCUT2D eigenvalue weighted by Crippen LogP contribution is 2.26. The van der Waals surface area contributed by atoms with Crippen LogP contribution in [-0.4, -0.2) is 22.9 Å². The maximum Gasteiger partial charge on any atom is 0.275 e. The number of nitro groups is 1. The minimum Gasteiger partial charge on any atom is -0.352 e. The van der Waals surface area contributed by atoms with Crippen LogP contribution in [0.2, 0.25) is 5.02 Å². The van der Waals surface area contributed by atoms with Gasteiger partial charge >= 0.3 is 0 Å². The van der Waals surface area contributed by atoms with Crippen LogP contribution in [-0.2, 0) is 11.3 Å². The normalized spacial score (nSPS) is 15.7. The van der Waals surface area contributed by atoms with Crippen LogP contribution >= 0.6 is 11.6 Å². The summed E-state index contributed by atoms with van der Waals surface area (Å²) < 4.78 is 0. The van der Waals surface area contributed by atoms with Crippen LogP contribution in [0.4, 0.5) is 5.69 Å². The summed E-state index contributed by atoms with van der Waals surface area (Å²) in [6, 6.07) is 4.40. The predicted octanol–water partition coefficient (Wildman–Crippen LogP) is 2.00. The van der Waals surface area contributed by atoms with E-state index in [1.54, 1.807) is 13.0 Å². The Morgan fingerprint density at radius 3 is 2.85 bits per heavy atom. The van der Waals surface area contributed by atoms with Crippen molar-refractivity contribution in [2.24, 2.45) is 0 Å². The second-order valence-corrected chi connectivity index (χ2v) is 5.29. The topological polar surface area (TPSA) is 84.3 Å². The van der Waals surface area contributed by atoms with Crippen LogP contribution in [0.25, 0.3) is 0 Å². The fourth-order valence-electron chi connectivity index (χ4n) is 1.80. The Balaban J connectivity index is 1.99. The number of rotatable bonds is 6. The first-order valence-electron chi connectivity index (χ1n) is 6.44. The molecule has 1 aliphatic carbocycles. The van der Waals surface area contributed by atoms with Crippen molar-refractivity contribution in [3.8, 4) is 0 Å². The van der Waals surface area contributed by atoms with Gasteiger partial charge in [-0.2, -0.15) is 0 Å². The first kappa shape index (κ1) is 14.7. The largest absolute Gasteiger partial charge is 0.352 e. The van der Waals surface area contributed by atoms with E-state index in [4.69, 9.17) is 11.6 Å². The number of benzene rings is 1. The molecule has 1 amide bonds. The van der Waals surface area contributed by atoms with Gasteiger partial charge in [-0.3, -0.25) is 14.9 Å². The van der Waals surface area contributed by atoms with E-state index in [1.807, 2.05) is 0 Å². The molecule has 2 N–H and O–H groups in total. The van der Waals surface area contributed by atoms with Gasteiger partial charge < -0.3 is 10.6 Å². The molecular weight excluding hydrogens is 282 g/mol. The first-order valence-corrected chi connectivity index (χ1v) is 6.82. The highest BCUT2D eigenvalue weighted by Gasteiger charge is 2.26. The zero-order valence-electron chi connectivity index (χ0n) is 11.1. The van der Waals surface area contributed by atoms with Crippen molar-refractivity contribution in [3.63, 3.8) is 0 Å². The molecule has 1 atom stereocenters. The summed E-state index contributed by atoms with van der Waals surface area (Å²) >= 11 is 5.99. The van der Waals surface area contributed by atoms with Gasteiger partial charge in [0.2, 0.25) is 5.91 Å². The molecule has 108 valence electrons. The Morgan fingerprint density at radius 2 is 2.25 bits per heavy atom. The van der Waals surface area contributed by atoms with Crippen LogP contribution in [0.1, 0.15) is 25.3 Å². The Kier molecular flexibility index (Phi) is 4.57. The fourth-order valence-corrected chi connectivity index (χ4v) is 2.03. The number of hydrogen-bond acceptors (Lipinski definition) is 4. The van der Waals surface area contributed by atoms with Gasteiger partial charge in [0.15, 0.2) is 0 Å². The van der Waals surface area contributed by atoms with E-state index >= 15 is 0 Å². The van der Waals surface area contributed by atoms with E-state index < -0.39 is 11.0 Å². The summed E-state index contributed by atoms with van der Waals surface area (Å²) in [7, 11) is 0. The zero-order chi connectivity index (χ0) is 14.7. The molecule has 0 aliphatic heterocycles. The van der Waals surface area contributed by atoms with Crippen LogP contribution in [0.5, 0.6) is 0 Å². The summed E-state index contributed by atoms with van der Waals surface area (Å²) in [4.78, 5) is 22.2. The summed E-state index contributed by atoms with van der Waals surface area (Å²) in [6.07, 6.45) is 2.04. The molecule has 1 aromatic carbocycles. The first-order chi connectivity index (χ1) is 9.49. The minimum atomic E-state index is -0.474. The van der Waals surface area contributed by atoms with E-state index in [0.717, 1.165) is 12.8 Å². The van der Waals surface area contributed by atoms with Crippen LogP contribution in [0, 0.1) is 10.1 Å². The summed E-state index contributed by atoms with van der Waals surface area (Å²) in [6.45, 7) is 1.90. The van der Waals surface area contributed by atoms with Crippen LogP contribution in [0.15, 0.2) is 18.2 Å². The Labute approximate surface area is 121 Å². The van der Waals surface area contributed by atoms with E-state index in [-0.39, 0.29) is 18.1 Å². The number of carbonyl (C=O) groups excluding carboxylic acids is 1. The molecule has 0 heterocycles. The highest BCUT2D eigenvalue weighted by atomic mass is 35.5. The number of nitro benzene ring substituents is 1. The number of halogens is 1. The van der Waals surface area contributed by atoms with Gasteiger partial charge in [0.25, 0.3) is 5.69 Å². The van der Waals surface area contributed by atoms with Gasteiger partial charge in [0.05, 0.1) is 21.6 Å². The monoisotopic (exact) mass is 297 g/mol. The van der Waals surface area contributed by atoms with Gasteiger partial charge in [-0.1, -0.05) is 17.7 Å². The zero-order valence-corrected chi connectivity index (χ0v) is 11.8. The highest BCUT2D eigenvalue weighted by molar-refractivity contribution is 6.31. The van der Waals surface area contributed by atoms with Crippen molar-refractivity contribution in [1.29, 1.82) is 0 Å². The molecule has 7 heteroatoms. The van der Waals surface area contributed by atoms with Crippen molar-refractivity contribution in [2.75, 3.05) is 0 Å². The van der Waals surface area contributed by atoms with Gasteiger partial charge in [0, 0.05) is 18.7 Å². The fraction of sp³-hybridized carbons (Fsp3) is 0.462. The summed E-state index contributed by atoms with van der Waals surface area (Å²) in [5.41, 5.74) is 0.352. The lowest BCUT2D eigenvalue weighted by molar-refractivity contribution is -0.385. The Hall–Kier alpha value is -1.66. The maximum absolute atomic E-state index is 11.8. The molecule has 20 heavy (non-hydrogen) atoms. The van der Waals surface area contributed by atoms with Crippen molar-refractivity contribution >= 4 is 23.2 Å². The number of hydrogen-bond donors (Lipinski definition) is 2. The molecule has 0 bridgehead atoms. The third-order valence-corrected chi connectivity index (χ3v) is 3.55. The molecule has 0 saturated heterocycles. The Morgan fingerprint density at radius 1 is 1.55 bits per heavy atom. The number of carbonyl (C=O) groups is 1. The average Bonchev–Trinajstić information content (AvgIpc) is 3.20. The van der Waals surface area contributed by atoms with Crippen molar-refractivity contribution in [2.45, 2.75) is 38.4 Å². The molecule has 1 unspecified atom stereocenters. The molecule has 0 radical (unpaired) electrons. The van der Waals surface area contributed by atoms with E-state index in [1.165, 1.54) is 12.1 Å². The quantitative estimate of drug-likeness (QED) is 0.621. The Bertz CT molecular complexity index is 532. The van der Waals surface area contributed by atoms with Crippen molar-refractivity contribution < 1.29 is 9.72 Å². The predicted molar refractivity (Wildman–Crippen MR) is 75.6 cm³/mol. The van der Waals surface area contributed by atoms with E-state index in [0.29, 0.717) is 16.6 Å². The van der Waals surface area contributed by atoms with Gasteiger partial charge in [0.1, 0.15) is 0 Å². The molecule has 0 aromatic heterocycles. The van der Waals surface area contributed by atoms with Crippen molar-refractivity contribution in [1.82, 2.24) is 10.6 Å². The molecule has 6 nitrogen and oxygen atoms in total. The molecule has 2 rings (SSSR count). The lowest BCUT2D eigenvalue weighted by atomic mass is 10.1. The lowest BCUT2D eigenvalue weighted by Crippen LogP contribution is -2.42. The maximum atomic E-state index is 11.8. The second kappa shape index (κ2) is 6.19. The van der Waals surface area contributed by atoms with Gasteiger partial charge in [-0.15, -0.1) is 0 Å². The molecule has 1 aromatic rings. The van der Waals surface area contributed by atoms with Crippen LogP contribution in [0.3, 0.4) is 0 Å². The molecular formula is C13H16ClN3O3. The lowest BCUT2D eigenvalue weighted by Gasteiger charge is -2.14. The van der Waals surface area contributed by atoms with Gasteiger partial charge in [-0.25, -0.2) is 0 Å².